The van der Waals surface area contributed by atoms with Crippen LogP contribution in [0.1, 0.15) is 45.9 Å². The Kier molecular flexibility index (Phi) is 4.20. The van der Waals surface area contributed by atoms with Crippen molar-refractivity contribution in [1.29, 1.82) is 0 Å². The fourth-order valence-corrected chi connectivity index (χ4v) is 3.24. The van der Waals surface area contributed by atoms with Crippen molar-refractivity contribution >= 4 is 17.3 Å². The molecule has 1 aliphatic carbocycles. The van der Waals surface area contributed by atoms with Crippen molar-refractivity contribution in [2.75, 3.05) is 5.73 Å². The van der Waals surface area contributed by atoms with E-state index < -0.39 is 4.92 Å². The van der Waals surface area contributed by atoms with Gasteiger partial charge in [-0.15, -0.1) is 0 Å². The summed E-state index contributed by atoms with van der Waals surface area (Å²) in [6.45, 7) is 1.71. The summed E-state index contributed by atoms with van der Waals surface area (Å²) in [5, 5.41) is 13.9. The monoisotopic (exact) mass is 325 g/mol. The van der Waals surface area contributed by atoms with Gasteiger partial charge in [-0.05, 0) is 61.1 Å². The number of hydrogen-bond acceptors (Lipinski definition) is 4. The summed E-state index contributed by atoms with van der Waals surface area (Å²) in [4.78, 5) is 22.9. The van der Waals surface area contributed by atoms with E-state index in [1.165, 1.54) is 23.8 Å². The molecule has 0 bridgehead atoms. The molecule has 0 heterocycles. The number of amides is 1. The third-order valence-corrected chi connectivity index (χ3v) is 4.45. The highest BCUT2D eigenvalue weighted by atomic mass is 16.6. The fourth-order valence-electron chi connectivity index (χ4n) is 3.24. The predicted molar refractivity (Wildman–Crippen MR) is 91.8 cm³/mol. The second-order valence-electron chi connectivity index (χ2n) is 6.13. The maximum Gasteiger partial charge on any atom is 0.269 e. The molecule has 6 nitrogen and oxygen atoms in total. The van der Waals surface area contributed by atoms with Crippen molar-refractivity contribution in [3.8, 4) is 0 Å². The lowest BCUT2D eigenvalue weighted by molar-refractivity contribution is -0.384. The molecule has 0 aliphatic heterocycles. The second kappa shape index (κ2) is 6.31. The van der Waals surface area contributed by atoms with Crippen LogP contribution in [0.5, 0.6) is 0 Å². The molecule has 0 saturated heterocycles. The summed E-state index contributed by atoms with van der Waals surface area (Å²) in [6, 6.07) is 10.0. The molecular weight excluding hydrogens is 306 g/mol. The molecular formula is C18H19N3O3. The molecule has 6 heteroatoms. The van der Waals surface area contributed by atoms with E-state index in [-0.39, 0.29) is 17.6 Å². The van der Waals surface area contributed by atoms with Crippen LogP contribution < -0.4 is 11.1 Å². The first kappa shape index (κ1) is 16.0. The normalized spacial score (nSPS) is 16.3. The van der Waals surface area contributed by atoms with Crippen LogP contribution in [0.3, 0.4) is 0 Å². The molecule has 0 fully saturated rings. The minimum absolute atomic E-state index is 0.0115. The van der Waals surface area contributed by atoms with E-state index in [0.29, 0.717) is 11.1 Å². The topological polar surface area (TPSA) is 98.3 Å². The Morgan fingerprint density at radius 2 is 2.08 bits per heavy atom. The van der Waals surface area contributed by atoms with Crippen molar-refractivity contribution in [3.05, 3.63) is 68.8 Å². The van der Waals surface area contributed by atoms with Crippen molar-refractivity contribution in [1.82, 2.24) is 5.32 Å². The summed E-state index contributed by atoms with van der Waals surface area (Å²) in [7, 11) is 0. The molecule has 0 spiro atoms. The van der Waals surface area contributed by atoms with Crippen LogP contribution in [0.15, 0.2) is 36.4 Å². The van der Waals surface area contributed by atoms with Gasteiger partial charge in [-0.25, -0.2) is 0 Å². The predicted octanol–water partition coefficient (Wildman–Crippen LogP) is 3.29. The van der Waals surface area contributed by atoms with E-state index in [1.807, 2.05) is 18.2 Å². The number of anilines is 1. The molecule has 1 unspecified atom stereocenters. The lowest BCUT2D eigenvalue weighted by Gasteiger charge is -2.27. The van der Waals surface area contributed by atoms with E-state index in [2.05, 4.69) is 5.32 Å². The van der Waals surface area contributed by atoms with Crippen LogP contribution >= 0.6 is 0 Å². The molecule has 2 aromatic rings. The Morgan fingerprint density at radius 1 is 1.29 bits per heavy atom. The highest BCUT2D eigenvalue weighted by molar-refractivity contribution is 5.96. The number of nitrogens with two attached hydrogens (primary N) is 1. The highest BCUT2D eigenvalue weighted by Gasteiger charge is 2.23. The number of benzene rings is 2. The number of carbonyl (C=O) groups is 1. The second-order valence-corrected chi connectivity index (χ2v) is 6.13. The number of nitro groups is 1. The maximum absolute atomic E-state index is 12.6. The number of nitrogens with one attached hydrogen (secondary N) is 1. The lowest BCUT2D eigenvalue weighted by Crippen LogP contribution is -2.31. The van der Waals surface area contributed by atoms with E-state index in [4.69, 9.17) is 5.73 Å². The number of rotatable bonds is 3. The Morgan fingerprint density at radius 3 is 2.79 bits per heavy atom. The maximum atomic E-state index is 12.6. The quantitative estimate of drug-likeness (QED) is 0.514. The molecule has 3 rings (SSSR count). The van der Waals surface area contributed by atoms with Crippen molar-refractivity contribution < 1.29 is 9.72 Å². The molecule has 1 amide bonds. The largest absolute Gasteiger partial charge is 0.399 e. The summed E-state index contributed by atoms with van der Waals surface area (Å²) >= 11 is 0. The average molecular weight is 325 g/mol. The average Bonchev–Trinajstić information content (AvgIpc) is 2.54. The molecule has 0 aromatic heterocycles. The molecule has 124 valence electrons. The molecule has 1 aliphatic rings. The standard InChI is InChI=1S/C18H19N3O3/c1-11-9-14(21(23)24)6-8-15(11)18(22)20-17-4-2-3-12-10-13(19)5-7-16(12)17/h5-10,17H,2-4,19H2,1H3,(H,20,22). The number of aryl methyl sites for hydroxylation is 2. The molecule has 24 heavy (non-hydrogen) atoms. The molecule has 0 radical (unpaired) electrons. The molecule has 2 aromatic carbocycles. The van der Waals surface area contributed by atoms with Crippen LogP contribution in [0.4, 0.5) is 11.4 Å². The van der Waals surface area contributed by atoms with Gasteiger partial charge in [0.2, 0.25) is 0 Å². The van der Waals surface area contributed by atoms with Crippen molar-refractivity contribution in [2.45, 2.75) is 32.2 Å². The van der Waals surface area contributed by atoms with Gasteiger partial charge in [0.05, 0.1) is 11.0 Å². The zero-order valence-electron chi connectivity index (χ0n) is 13.4. The van der Waals surface area contributed by atoms with Gasteiger partial charge >= 0.3 is 0 Å². The number of carbonyl (C=O) groups excluding carboxylic acids is 1. The fraction of sp³-hybridized carbons (Fsp3) is 0.278. The first-order valence-corrected chi connectivity index (χ1v) is 7.90. The van der Waals surface area contributed by atoms with Gasteiger partial charge in [0.1, 0.15) is 0 Å². The third-order valence-electron chi connectivity index (χ3n) is 4.45. The van der Waals surface area contributed by atoms with Gasteiger partial charge in [0.25, 0.3) is 11.6 Å². The van der Waals surface area contributed by atoms with Crippen molar-refractivity contribution in [3.63, 3.8) is 0 Å². The highest BCUT2D eigenvalue weighted by Crippen LogP contribution is 2.31. The summed E-state index contributed by atoms with van der Waals surface area (Å²) in [6.07, 6.45) is 2.82. The Labute approximate surface area is 139 Å². The lowest BCUT2D eigenvalue weighted by atomic mass is 9.87. The zero-order valence-corrected chi connectivity index (χ0v) is 13.4. The van der Waals surface area contributed by atoms with Gasteiger partial charge in [-0.2, -0.15) is 0 Å². The van der Waals surface area contributed by atoms with Gasteiger partial charge in [-0.1, -0.05) is 6.07 Å². The number of nitrogens with zero attached hydrogens (tertiary/aromatic N) is 1. The molecule has 0 saturated carbocycles. The van der Waals surface area contributed by atoms with Crippen LogP contribution in [0.2, 0.25) is 0 Å². The minimum atomic E-state index is -0.462. The van der Waals surface area contributed by atoms with Crippen molar-refractivity contribution in [2.24, 2.45) is 0 Å². The Hall–Kier alpha value is -2.89. The Bertz CT molecular complexity index is 817. The Balaban J connectivity index is 1.83. The van der Waals surface area contributed by atoms with E-state index in [0.717, 1.165) is 30.5 Å². The van der Waals surface area contributed by atoms with Crippen LogP contribution in [0, 0.1) is 17.0 Å². The summed E-state index contributed by atoms with van der Waals surface area (Å²) < 4.78 is 0. The van der Waals surface area contributed by atoms with Gasteiger partial charge < -0.3 is 11.1 Å². The number of nitrogen functional groups attached to an aromatic ring is 1. The SMILES string of the molecule is Cc1cc([N+](=O)[O-])ccc1C(=O)NC1CCCc2cc(N)ccc21. The zero-order chi connectivity index (χ0) is 17.3. The molecule has 1 atom stereocenters. The van der Waals surface area contributed by atoms with Crippen LogP contribution in [-0.4, -0.2) is 10.8 Å². The van der Waals surface area contributed by atoms with E-state index in [9.17, 15) is 14.9 Å². The third kappa shape index (κ3) is 3.08. The number of nitro benzene ring substituents is 1. The summed E-state index contributed by atoms with van der Waals surface area (Å²) in [5.74, 6) is -0.211. The molecule has 3 N–H and O–H groups in total. The van der Waals surface area contributed by atoms with Crippen LogP contribution in [-0.2, 0) is 6.42 Å². The van der Waals surface area contributed by atoms with Gasteiger partial charge in [-0.3, -0.25) is 14.9 Å². The van der Waals surface area contributed by atoms with E-state index >= 15 is 0 Å². The van der Waals surface area contributed by atoms with Gasteiger partial charge in [0.15, 0.2) is 0 Å². The van der Waals surface area contributed by atoms with Crippen LogP contribution in [0.25, 0.3) is 0 Å². The number of fused-ring (bicyclic) bond motifs is 1. The number of non-ortho nitro benzene ring substituents is 1. The smallest absolute Gasteiger partial charge is 0.269 e. The van der Waals surface area contributed by atoms with Gasteiger partial charge in [0, 0.05) is 23.4 Å². The van der Waals surface area contributed by atoms with E-state index in [1.54, 1.807) is 6.92 Å². The summed E-state index contributed by atoms with van der Waals surface area (Å²) in [5.41, 5.74) is 9.88. The first-order valence-electron chi connectivity index (χ1n) is 7.90. The number of hydrogen-bond donors (Lipinski definition) is 2. The first-order chi connectivity index (χ1) is 11.5. The minimum Gasteiger partial charge on any atom is -0.399 e.